The Morgan fingerprint density at radius 2 is 2.00 bits per heavy atom. The third-order valence-electron chi connectivity index (χ3n) is 2.66. The molecular formula is C14H18N4O. The molecule has 0 amide bonds. The Hall–Kier alpha value is -2.14. The molecule has 2 aromatic rings. The molecule has 3 N–H and O–H groups in total. The molecule has 5 heteroatoms. The van der Waals surface area contributed by atoms with Crippen LogP contribution in [-0.4, -0.2) is 16.6 Å². The fourth-order valence-corrected chi connectivity index (χ4v) is 1.78. The van der Waals surface area contributed by atoms with Crippen LogP contribution in [0.4, 0.5) is 5.95 Å². The van der Waals surface area contributed by atoms with Gasteiger partial charge in [0.05, 0.1) is 6.61 Å². The zero-order chi connectivity index (χ0) is 13.5. The van der Waals surface area contributed by atoms with E-state index >= 15 is 0 Å². The van der Waals surface area contributed by atoms with E-state index in [1.54, 1.807) is 6.07 Å². The topological polar surface area (TPSA) is 73.1 Å². The zero-order valence-electron chi connectivity index (χ0n) is 11.0. The molecule has 1 aromatic carbocycles. The van der Waals surface area contributed by atoms with Crippen molar-refractivity contribution in [3.8, 4) is 5.88 Å². The summed E-state index contributed by atoms with van der Waals surface area (Å²) in [6.45, 7) is 2.49. The number of hydrogen-bond donors (Lipinski definition) is 2. The summed E-state index contributed by atoms with van der Waals surface area (Å²) < 4.78 is 5.60. The highest BCUT2D eigenvalue weighted by atomic mass is 16.5. The van der Waals surface area contributed by atoms with E-state index in [1.165, 1.54) is 5.56 Å². The maximum atomic E-state index is 5.60. The molecule has 5 nitrogen and oxygen atoms in total. The molecule has 0 aliphatic rings. The van der Waals surface area contributed by atoms with Crippen LogP contribution in [0.2, 0.25) is 0 Å². The molecule has 0 aliphatic heterocycles. The maximum Gasteiger partial charge on any atom is 0.240 e. The third kappa shape index (κ3) is 4.22. The SMILES string of the molecule is Cc1cc(OCCCc2ccccc2)nc(NN)n1. The molecule has 1 heterocycles. The van der Waals surface area contributed by atoms with Gasteiger partial charge < -0.3 is 4.74 Å². The lowest BCUT2D eigenvalue weighted by Gasteiger charge is -2.07. The first kappa shape index (κ1) is 13.3. The molecule has 0 saturated carbocycles. The van der Waals surface area contributed by atoms with E-state index < -0.39 is 0 Å². The first-order chi connectivity index (χ1) is 9.28. The predicted octanol–water partition coefficient (Wildman–Crippen LogP) is 2.08. The van der Waals surface area contributed by atoms with Crippen LogP contribution >= 0.6 is 0 Å². The molecule has 0 aliphatic carbocycles. The second kappa shape index (κ2) is 6.70. The summed E-state index contributed by atoms with van der Waals surface area (Å²) in [5.41, 5.74) is 4.56. The summed E-state index contributed by atoms with van der Waals surface area (Å²) in [6, 6.07) is 12.1. The molecule has 1 aromatic heterocycles. The Morgan fingerprint density at radius 1 is 1.21 bits per heavy atom. The first-order valence-corrected chi connectivity index (χ1v) is 6.27. The van der Waals surface area contributed by atoms with Gasteiger partial charge in [-0.2, -0.15) is 4.98 Å². The molecular weight excluding hydrogens is 240 g/mol. The molecule has 0 fully saturated rings. The minimum atomic E-state index is 0.373. The van der Waals surface area contributed by atoms with Crippen molar-refractivity contribution in [2.75, 3.05) is 12.0 Å². The van der Waals surface area contributed by atoms with Crippen LogP contribution in [0, 0.1) is 6.92 Å². The fourth-order valence-electron chi connectivity index (χ4n) is 1.78. The second-order valence-corrected chi connectivity index (χ2v) is 4.25. The lowest BCUT2D eigenvalue weighted by Crippen LogP contribution is -2.12. The Labute approximate surface area is 112 Å². The number of aromatic nitrogens is 2. The Balaban J connectivity index is 1.81. The highest BCUT2D eigenvalue weighted by Gasteiger charge is 2.01. The van der Waals surface area contributed by atoms with E-state index in [0.29, 0.717) is 18.4 Å². The van der Waals surface area contributed by atoms with Gasteiger partial charge in [-0.3, -0.25) is 5.43 Å². The third-order valence-corrected chi connectivity index (χ3v) is 2.66. The van der Waals surface area contributed by atoms with Crippen molar-refractivity contribution in [2.45, 2.75) is 19.8 Å². The van der Waals surface area contributed by atoms with Gasteiger partial charge in [-0.25, -0.2) is 10.8 Å². The molecule has 100 valence electrons. The molecule has 2 rings (SSSR count). The summed E-state index contributed by atoms with van der Waals surface area (Å²) in [7, 11) is 0. The largest absolute Gasteiger partial charge is 0.478 e. The summed E-state index contributed by atoms with van der Waals surface area (Å²) in [5, 5.41) is 0. The number of nitrogens with zero attached hydrogens (tertiary/aromatic N) is 2. The van der Waals surface area contributed by atoms with Gasteiger partial charge in [0.15, 0.2) is 0 Å². The van der Waals surface area contributed by atoms with Crippen LogP contribution in [-0.2, 0) is 6.42 Å². The summed E-state index contributed by atoms with van der Waals surface area (Å²) in [5.74, 6) is 6.21. The predicted molar refractivity (Wildman–Crippen MR) is 74.8 cm³/mol. The average Bonchev–Trinajstić information content (AvgIpc) is 2.44. The number of nitrogen functional groups attached to an aromatic ring is 1. The van der Waals surface area contributed by atoms with E-state index in [0.717, 1.165) is 18.5 Å². The van der Waals surface area contributed by atoms with Gasteiger partial charge in [0, 0.05) is 11.8 Å². The average molecular weight is 258 g/mol. The smallest absolute Gasteiger partial charge is 0.240 e. The van der Waals surface area contributed by atoms with Crippen LogP contribution in [0.1, 0.15) is 17.7 Å². The van der Waals surface area contributed by atoms with E-state index in [4.69, 9.17) is 10.6 Å². The van der Waals surface area contributed by atoms with Gasteiger partial charge in [0.25, 0.3) is 0 Å². The summed E-state index contributed by atoms with van der Waals surface area (Å²) in [4.78, 5) is 8.23. The maximum absolute atomic E-state index is 5.60. The Morgan fingerprint density at radius 3 is 2.74 bits per heavy atom. The number of rotatable bonds is 6. The fraction of sp³-hybridized carbons (Fsp3) is 0.286. The van der Waals surface area contributed by atoms with Crippen LogP contribution in [0.3, 0.4) is 0 Å². The number of nitrogens with two attached hydrogens (primary N) is 1. The summed E-state index contributed by atoms with van der Waals surface area (Å²) in [6.07, 6.45) is 1.94. The van der Waals surface area contributed by atoms with Crippen LogP contribution in [0.25, 0.3) is 0 Å². The number of benzene rings is 1. The Kier molecular flexibility index (Phi) is 4.69. The number of anilines is 1. The summed E-state index contributed by atoms with van der Waals surface area (Å²) >= 11 is 0. The number of hydrogen-bond acceptors (Lipinski definition) is 5. The quantitative estimate of drug-likeness (QED) is 0.471. The standard InChI is InChI=1S/C14H18N4O/c1-11-10-13(17-14(16-11)18-15)19-9-5-8-12-6-3-2-4-7-12/h2-4,6-7,10H,5,8-9,15H2,1H3,(H,16,17,18). The molecule has 0 atom stereocenters. The van der Waals surface area contributed by atoms with Crippen LogP contribution < -0.4 is 16.0 Å². The van der Waals surface area contributed by atoms with Gasteiger partial charge >= 0.3 is 0 Å². The highest BCUT2D eigenvalue weighted by Crippen LogP contribution is 2.12. The van der Waals surface area contributed by atoms with Gasteiger partial charge in [-0.05, 0) is 25.3 Å². The lowest BCUT2D eigenvalue weighted by atomic mass is 10.1. The molecule has 0 spiro atoms. The van der Waals surface area contributed by atoms with Gasteiger partial charge in [-0.15, -0.1) is 0 Å². The van der Waals surface area contributed by atoms with E-state index in [1.807, 2.05) is 25.1 Å². The number of ether oxygens (including phenoxy) is 1. The normalized spacial score (nSPS) is 10.2. The van der Waals surface area contributed by atoms with Crippen molar-refractivity contribution < 1.29 is 4.74 Å². The number of nitrogens with one attached hydrogen (secondary N) is 1. The van der Waals surface area contributed by atoms with Gasteiger partial charge in [0.2, 0.25) is 11.8 Å². The number of hydrazine groups is 1. The molecule has 0 saturated heterocycles. The van der Waals surface area contributed by atoms with E-state index in [9.17, 15) is 0 Å². The van der Waals surface area contributed by atoms with Crippen molar-refractivity contribution in [2.24, 2.45) is 5.84 Å². The van der Waals surface area contributed by atoms with Gasteiger partial charge in [0.1, 0.15) is 0 Å². The van der Waals surface area contributed by atoms with Gasteiger partial charge in [-0.1, -0.05) is 30.3 Å². The van der Waals surface area contributed by atoms with Crippen molar-refractivity contribution in [1.29, 1.82) is 0 Å². The Bertz CT molecular complexity index is 516. The van der Waals surface area contributed by atoms with E-state index in [-0.39, 0.29) is 0 Å². The molecule has 0 unspecified atom stereocenters. The van der Waals surface area contributed by atoms with Crippen LogP contribution in [0.5, 0.6) is 5.88 Å². The molecule has 0 radical (unpaired) electrons. The van der Waals surface area contributed by atoms with E-state index in [2.05, 4.69) is 27.5 Å². The lowest BCUT2D eigenvalue weighted by molar-refractivity contribution is 0.299. The first-order valence-electron chi connectivity index (χ1n) is 6.27. The number of aryl methyl sites for hydroxylation is 2. The highest BCUT2D eigenvalue weighted by molar-refractivity contribution is 5.28. The molecule has 19 heavy (non-hydrogen) atoms. The second-order valence-electron chi connectivity index (χ2n) is 4.25. The monoisotopic (exact) mass is 258 g/mol. The van der Waals surface area contributed by atoms with Crippen LogP contribution in [0.15, 0.2) is 36.4 Å². The minimum Gasteiger partial charge on any atom is -0.478 e. The minimum absolute atomic E-state index is 0.373. The molecule has 0 bridgehead atoms. The zero-order valence-corrected chi connectivity index (χ0v) is 11.0. The van der Waals surface area contributed by atoms with Crippen molar-refractivity contribution in [3.63, 3.8) is 0 Å². The van der Waals surface area contributed by atoms with Crippen molar-refractivity contribution in [3.05, 3.63) is 47.7 Å². The van der Waals surface area contributed by atoms with Crippen molar-refractivity contribution >= 4 is 5.95 Å². The van der Waals surface area contributed by atoms with Crippen molar-refractivity contribution in [1.82, 2.24) is 9.97 Å².